The number of pyridine rings is 2. The predicted octanol–water partition coefficient (Wildman–Crippen LogP) is 5.22. The third-order valence-corrected chi connectivity index (χ3v) is 5.29. The van der Waals surface area contributed by atoms with Crippen LogP contribution in [0.4, 0.5) is 9.93 Å². The predicted molar refractivity (Wildman–Crippen MR) is 114 cm³/mol. The molecule has 1 aromatic carbocycles. The van der Waals surface area contributed by atoms with E-state index in [1.54, 1.807) is 24.7 Å². The maximum absolute atomic E-state index is 11.9. The first-order valence-corrected chi connectivity index (χ1v) is 9.85. The third kappa shape index (κ3) is 3.81. The highest BCUT2D eigenvalue weighted by atomic mass is 35.5. The van der Waals surface area contributed by atoms with Crippen LogP contribution in [0.15, 0.2) is 55.0 Å². The van der Waals surface area contributed by atoms with Crippen molar-refractivity contribution in [2.45, 2.75) is 6.92 Å². The normalized spacial score (nSPS) is 10.8. The van der Waals surface area contributed by atoms with Crippen LogP contribution in [-0.4, -0.2) is 27.5 Å². The number of amides is 2. The van der Waals surface area contributed by atoms with E-state index in [1.165, 1.54) is 11.3 Å². The smallest absolute Gasteiger partial charge is 0.321 e. The van der Waals surface area contributed by atoms with E-state index in [1.807, 2.05) is 31.2 Å². The molecule has 4 rings (SSSR count). The lowest BCUT2D eigenvalue weighted by Crippen LogP contribution is -2.28. The molecule has 8 heteroatoms. The van der Waals surface area contributed by atoms with Crippen LogP contribution < -0.4 is 10.6 Å². The summed E-state index contributed by atoms with van der Waals surface area (Å²) in [5, 5.41) is 6.59. The lowest BCUT2D eigenvalue weighted by molar-refractivity contribution is 0.252. The van der Waals surface area contributed by atoms with Gasteiger partial charge in [-0.15, -0.1) is 0 Å². The van der Waals surface area contributed by atoms with Crippen molar-refractivity contribution in [2.75, 3.05) is 11.9 Å². The Morgan fingerprint density at radius 1 is 1.18 bits per heavy atom. The number of anilines is 1. The van der Waals surface area contributed by atoms with Gasteiger partial charge in [0.2, 0.25) is 0 Å². The van der Waals surface area contributed by atoms with Gasteiger partial charge in [-0.25, -0.2) is 9.78 Å². The van der Waals surface area contributed by atoms with Gasteiger partial charge in [-0.1, -0.05) is 29.0 Å². The number of carbonyl (C=O) groups is 1. The zero-order valence-corrected chi connectivity index (χ0v) is 16.5. The van der Waals surface area contributed by atoms with Gasteiger partial charge >= 0.3 is 6.03 Å². The molecule has 0 fully saturated rings. The molecule has 0 spiro atoms. The number of aromatic nitrogens is 3. The minimum atomic E-state index is -0.278. The summed E-state index contributed by atoms with van der Waals surface area (Å²) in [7, 11) is 0. The maximum atomic E-state index is 11.9. The highest BCUT2D eigenvalue weighted by Crippen LogP contribution is 2.38. The van der Waals surface area contributed by atoms with Crippen LogP contribution in [0.1, 0.15) is 6.92 Å². The van der Waals surface area contributed by atoms with Crippen LogP contribution in [0.5, 0.6) is 0 Å². The summed E-state index contributed by atoms with van der Waals surface area (Å²) >= 11 is 7.41. The monoisotopic (exact) mass is 409 g/mol. The van der Waals surface area contributed by atoms with E-state index in [4.69, 9.17) is 11.6 Å². The molecule has 0 aliphatic heterocycles. The standard InChI is InChI=1S/C20H16ClN5OS/c1-2-23-19(27)26-20-25-17-9-13(12-4-3-7-22-10-12)8-15(18(17)28-20)16-6-5-14(21)11-24-16/h3-11H,2H2,1H3,(H2,23,25,26,27). The first kappa shape index (κ1) is 18.3. The average molecular weight is 410 g/mol. The largest absolute Gasteiger partial charge is 0.338 e. The minimum Gasteiger partial charge on any atom is -0.338 e. The lowest BCUT2D eigenvalue weighted by Gasteiger charge is -2.07. The molecule has 3 heterocycles. The van der Waals surface area contributed by atoms with E-state index >= 15 is 0 Å². The number of rotatable bonds is 4. The van der Waals surface area contributed by atoms with E-state index < -0.39 is 0 Å². The fourth-order valence-electron chi connectivity index (χ4n) is 2.81. The highest BCUT2D eigenvalue weighted by molar-refractivity contribution is 7.22. The first-order chi connectivity index (χ1) is 13.6. The molecule has 0 atom stereocenters. The van der Waals surface area contributed by atoms with E-state index in [2.05, 4.69) is 31.7 Å². The van der Waals surface area contributed by atoms with E-state index in [9.17, 15) is 4.79 Å². The Labute approximate surface area is 170 Å². The molecule has 0 saturated heterocycles. The van der Waals surface area contributed by atoms with Crippen LogP contribution in [0, 0.1) is 0 Å². The number of hydrogen-bond acceptors (Lipinski definition) is 5. The zero-order chi connectivity index (χ0) is 19.5. The Bertz CT molecular complexity index is 1130. The number of thiazole rings is 1. The number of fused-ring (bicyclic) bond motifs is 1. The SMILES string of the molecule is CCNC(=O)Nc1nc2cc(-c3cccnc3)cc(-c3ccc(Cl)cn3)c2s1. The van der Waals surface area contributed by atoms with Gasteiger partial charge in [0, 0.05) is 36.3 Å². The summed E-state index contributed by atoms with van der Waals surface area (Å²) in [6.45, 7) is 2.41. The van der Waals surface area contributed by atoms with Crippen LogP contribution in [-0.2, 0) is 0 Å². The average Bonchev–Trinajstić information content (AvgIpc) is 3.11. The summed E-state index contributed by atoms with van der Waals surface area (Å²) in [5.41, 5.74) is 4.45. The van der Waals surface area contributed by atoms with Crippen molar-refractivity contribution in [1.29, 1.82) is 0 Å². The lowest BCUT2D eigenvalue weighted by atomic mass is 10.0. The first-order valence-electron chi connectivity index (χ1n) is 8.66. The molecule has 0 saturated carbocycles. The number of halogens is 1. The molecule has 2 N–H and O–H groups in total. The third-order valence-electron chi connectivity index (χ3n) is 4.05. The minimum absolute atomic E-state index is 0.278. The van der Waals surface area contributed by atoms with Gasteiger partial charge in [0.25, 0.3) is 0 Å². The van der Waals surface area contributed by atoms with Gasteiger partial charge in [0.05, 0.1) is 20.9 Å². The Balaban J connectivity index is 1.86. The molecule has 0 aliphatic rings. The van der Waals surface area contributed by atoms with Gasteiger partial charge in [-0.2, -0.15) is 0 Å². The fourth-order valence-corrected chi connectivity index (χ4v) is 3.89. The summed E-state index contributed by atoms with van der Waals surface area (Å²) in [6, 6.07) is 11.3. The van der Waals surface area contributed by atoms with Crippen molar-refractivity contribution < 1.29 is 4.79 Å². The van der Waals surface area contributed by atoms with Gasteiger partial charge < -0.3 is 5.32 Å². The van der Waals surface area contributed by atoms with Gasteiger partial charge in [0.1, 0.15) is 0 Å². The fraction of sp³-hybridized carbons (Fsp3) is 0.100. The van der Waals surface area contributed by atoms with Gasteiger partial charge in [0.15, 0.2) is 5.13 Å². The molecule has 4 aromatic rings. The molecule has 140 valence electrons. The number of hydrogen-bond donors (Lipinski definition) is 2. The molecule has 0 bridgehead atoms. The number of urea groups is 1. The number of carbonyl (C=O) groups excluding carboxylic acids is 1. The quantitative estimate of drug-likeness (QED) is 0.484. The van der Waals surface area contributed by atoms with E-state index in [0.717, 1.165) is 32.6 Å². The highest BCUT2D eigenvalue weighted by Gasteiger charge is 2.15. The number of nitrogens with one attached hydrogen (secondary N) is 2. The van der Waals surface area contributed by atoms with E-state index in [-0.39, 0.29) is 6.03 Å². The zero-order valence-electron chi connectivity index (χ0n) is 14.9. The summed E-state index contributed by atoms with van der Waals surface area (Å²) < 4.78 is 0.939. The summed E-state index contributed by atoms with van der Waals surface area (Å²) in [5.74, 6) is 0. The second kappa shape index (κ2) is 7.92. The van der Waals surface area contributed by atoms with Crippen molar-refractivity contribution >= 4 is 44.3 Å². The Morgan fingerprint density at radius 3 is 2.79 bits per heavy atom. The number of benzene rings is 1. The van der Waals surface area contributed by atoms with Gasteiger partial charge in [-0.05, 0) is 42.8 Å². The molecular formula is C20H16ClN5OS. The topological polar surface area (TPSA) is 79.8 Å². The second-order valence-electron chi connectivity index (χ2n) is 5.98. The summed E-state index contributed by atoms with van der Waals surface area (Å²) in [4.78, 5) is 25.1. The van der Waals surface area contributed by atoms with Crippen molar-refractivity contribution in [3.8, 4) is 22.4 Å². The Hall–Kier alpha value is -3.03. The van der Waals surface area contributed by atoms with Crippen molar-refractivity contribution in [3.05, 3.63) is 60.0 Å². The van der Waals surface area contributed by atoms with Crippen molar-refractivity contribution in [3.63, 3.8) is 0 Å². The van der Waals surface area contributed by atoms with Crippen LogP contribution >= 0.6 is 22.9 Å². The Morgan fingerprint density at radius 2 is 2.07 bits per heavy atom. The van der Waals surface area contributed by atoms with Crippen LogP contribution in [0.3, 0.4) is 0 Å². The van der Waals surface area contributed by atoms with E-state index in [0.29, 0.717) is 16.7 Å². The summed E-state index contributed by atoms with van der Waals surface area (Å²) in [6.07, 6.45) is 5.16. The molecule has 0 radical (unpaired) electrons. The molecule has 0 aliphatic carbocycles. The van der Waals surface area contributed by atoms with Crippen LogP contribution in [0.25, 0.3) is 32.6 Å². The number of nitrogens with zero attached hydrogens (tertiary/aromatic N) is 3. The molecule has 28 heavy (non-hydrogen) atoms. The Kier molecular flexibility index (Phi) is 5.18. The molecular weight excluding hydrogens is 394 g/mol. The molecule has 2 amide bonds. The molecule has 3 aromatic heterocycles. The molecule has 0 unspecified atom stereocenters. The van der Waals surface area contributed by atoms with Crippen molar-refractivity contribution in [2.24, 2.45) is 0 Å². The van der Waals surface area contributed by atoms with Crippen LogP contribution in [0.2, 0.25) is 5.02 Å². The molecule has 6 nitrogen and oxygen atoms in total. The van der Waals surface area contributed by atoms with Gasteiger partial charge in [-0.3, -0.25) is 15.3 Å². The second-order valence-corrected chi connectivity index (χ2v) is 7.41. The van der Waals surface area contributed by atoms with Crippen molar-refractivity contribution in [1.82, 2.24) is 20.3 Å². The maximum Gasteiger partial charge on any atom is 0.321 e.